The number of hydrogen-bond acceptors (Lipinski definition) is 2. The molecule has 0 aliphatic heterocycles. The molecule has 11 aromatic carbocycles. The molecule has 334 valence electrons. The van der Waals surface area contributed by atoms with E-state index >= 15 is 0 Å². The first-order valence-electron chi connectivity index (χ1n) is 24.6. The van der Waals surface area contributed by atoms with Crippen LogP contribution >= 0.6 is 0 Å². The maximum absolute atomic E-state index is 5.45. The number of nitrogens with zero attached hydrogens (tertiary/aromatic N) is 4. The third-order valence-electron chi connectivity index (χ3n) is 14.8. The number of rotatable bonds is 7. The standard InChI is InChI=1S/C68H42N4/c1-5-16-43(17-6-1)47-30-34-60-56(39-47)58-41-49(32-36-61(58)71(60)52-25-11-4-12-26-52)50-33-37-63-59(42-50)57-40-48(44-18-7-2-8-19-44)31-35-62(57)72(63)53-27-13-24-51(38-53)68-69-66(46-20-9-3-10-21-46)65-54-28-14-22-45-23-15-29-55(64(45)54)67(65)70-68/h1-42H. The largest absolute Gasteiger partial charge is 0.309 e. The second-order valence-corrected chi connectivity index (χ2v) is 18.9. The molecule has 0 saturated carbocycles. The molecule has 72 heavy (non-hydrogen) atoms. The van der Waals surface area contributed by atoms with Crippen molar-refractivity contribution in [3.8, 4) is 89.8 Å². The van der Waals surface area contributed by atoms with Crippen molar-refractivity contribution in [2.45, 2.75) is 0 Å². The average Bonchev–Trinajstić information content (AvgIpc) is 4.09. The van der Waals surface area contributed by atoms with E-state index in [-0.39, 0.29) is 0 Å². The number of aromatic nitrogens is 4. The van der Waals surface area contributed by atoms with Gasteiger partial charge in [-0.05, 0) is 123 Å². The summed E-state index contributed by atoms with van der Waals surface area (Å²) < 4.78 is 4.81. The second kappa shape index (κ2) is 16.0. The maximum atomic E-state index is 5.45. The molecule has 0 fully saturated rings. The van der Waals surface area contributed by atoms with Crippen molar-refractivity contribution in [3.05, 3.63) is 255 Å². The average molecular weight is 915 g/mol. The van der Waals surface area contributed by atoms with Gasteiger partial charge >= 0.3 is 0 Å². The Labute approximate surface area is 416 Å². The van der Waals surface area contributed by atoms with E-state index in [9.17, 15) is 0 Å². The predicted molar refractivity (Wildman–Crippen MR) is 300 cm³/mol. The first kappa shape index (κ1) is 40.3. The SMILES string of the molecule is c1ccc(-c2ccc3c(c2)c2cc(-c4ccc5c(c4)c4cc(-c6ccccc6)ccc4n5-c4cccc(-c5nc(-c6ccccc6)c6c(n5)-c5cccc7cccc-6c57)c4)ccc2n3-c2ccccc2)cc1. The van der Waals surface area contributed by atoms with Gasteiger partial charge in [0.05, 0.1) is 33.5 Å². The van der Waals surface area contributed by atoms with Gasteiger partial charge in [0.15, 0.2) is 5.82 Å². The lowest BCUT2D eigenvalue weighted by atomic mass is 9.98. The zero-order valence-corrected chi connectivity index (χ0v) is 39.0. The third-order valence-corrected chi connectivity index (χ3v) is 14.8. The Morgan fingerprint density at radius 3 is 1.19 bits per heavy atom. The Bertz CT molecular complexity index is 4470. The van der Waals surface area contributed by atoms with E-state index in [1.165, 1.54) is 76.7 Å². The number of hydrogen-bond donors (Lipinski definition) is 0. The van der Waals surface area contributed by atoms with Crippen LogP contribution in [0.2, 0.25) is 0 Å². The quantitative estimate of drug-likeness (QED) is 0.160. The summed E-state index contributed by atoms with van der Waals surface area (Å²) in [7, 11) is 0. The predicted octanol–water partition coefficient (Wildman–Crippen LogP) is 17.8. The van der Waals surface area contributed by atoms with E-state index in [4.69, 9.17) is 9.97 Å². The number of para-hydroxylation sites is 1. The summed E-state index contributed by atoms with van der Waals surface area (Å²) in [5.74, 6) is 0.702. The van der Waals surface area contributed by atoms with E-state index < -0.39 is 0 Å². The van der Waals surface area contributed by atoms with Gasteiger partial charge in [0.2, 0.25) is 0 Å². The monoisotopic (exact) mass is 914 g/mol. The minimum atomic E-state index is 0.702. The Morgan fingerprint density at radius 1 is 0.264 bits per heavy atom. The van der Waals surface area contributed by atoms with Crippen molar-refractivity contribution in [1.82, 2.24) is 19.1 Å². The maximum Gasteiger partial charge on any atom is 0.160 e. The zero-order chi connectivity index (χ0) is 47.3. The minimum Gasteiger partial charge on any atom is -0.309 e. The van der Waals surface area contributed by atoms with Crippen LogP contribution in [0.15, 0.2) is 255 Å². The van der Waals surface area contributed by atoms with Crippen LogP contribution in [0.3, 0.4) is 0 Å². The van der Waals surface area contributed by atoms with Gasteiger partial charge in [-0.3, -0.25) is 0 Å². The van der Waals surface area contributed by atoms with Gasteiger partial charge in [0.25, 0.3) is 0 Å². The van der Waals surface area contributed by atoms with Crippen molar-refractivity contribution in [1.29, 1.82) is 0 Å². The summed E-state index contributed by atoms with van der Waals surface area (Å²) in [4.78, 5) is 10.9. The molecule has 0 spiro atoms. The van der Waals surface area contributed by atoms with Crippen LogP contribution in [0.5, 0.6) is 0 Å². The Morgan fingerprint density at radius 2 is 0.667 bits per heavy atom. The molecule has 0 bridgehead atoms. The number of fused-ring (bicyclic) bond motifs is 9. The van der Waals surface area contributed by atoms with E-state index in [0.717, 1.165) is 61.6 Å². The van der Waals surface area contributed by atoms with Gasteiger partial charge in [0.1, 0.15) is 0 Å². The van der Waals surface area contributed by atoms with Gasteiger partial charge in [-0.15, -0.1) is 0 Å². The molecular formula is C68H42N4. The summed E-state index contributed by atoms with van der Waals surface area (Å²) in [6.45, 7) is 0. The summed E-state index contributed by atoms with van der Waals surface area (Å²) >= 11 is 0. The molecule has 4 heteroatoms. The van der Waals surface area contributed by atoms with Crippen LogP contribution in [0, 0.1) is 0 Å². The van der Waals surface area contributed by atoms with Crippen molar-refractivity contribution in [2.24, 2.45) is 0 Å². The number of benzene rings is 11. The van der Waals surface area contributed by atoms with E-state index in [0.29, 0.717) is 5.82 Å². The molecule has 1 aliphatic carbocycles. The molecule has 14 aromatic rings. The second-order valence-electron chi connectivity index (χ2n) is 18.9. The lowest BCUT2D eigenvalue weighted by molar-refractivity contribution is 1.16. The van der Waals surface area contributed by atoms with E-state index in [2.05, 4.69) is 264 Å². The zero-order valence-electron chi connectivity index (χ0n) is 39.0. The highest BCUT2D eigenvalue weighted by Crippen LogP contribution is 2.50. The van der Waals surface area contributed by atoms with Gasteiger partial charge < -0.3 is 9.13 Å². The normalized spacial score (nSPS) is 11.9. The van der Waals surface area contributed by atoms with Gasteiger partial charge in [-0.2, -0.15) is 0 Å². The van der Waals surface area contributed by atoms with E-state index in [1.54, 1.807) is 0 Å². The van der Waals surface area contributed by atoms with Crippen molar-refractivity contribution >= 4 is 54.4 Å². The Kier molecular flexibility index (Phi) is 8.92. The highest BCUT2D eigenvalue weighted by atomic mass is 15.0. The van der Waals surface area contributed by atoms with E-state index in [1.807, 2.05) is 0 Å². The molecule has 0 amide bonds. The molecule has 1 aliphatic rings. The van der Waals surface area contributed by atoms with Crippen LogP contribution in [-0.2, 0) is 0 Å². The van der Waals surface area contributed by atoms with Crippen LogP contribution < -0.4 is 0 Å². The molecule has 0 saturated heterocycles. The van der Waals surface area contributed by atoms with Crippen molar-refractivity contribution in [3.63, 3.8) is 0 Å². The fourth-order valence-corrected chi connectivity index (χ4v) is 11.5. The molecular weight excluding hydrogens is 873 g/mol. The van der Waals surface area contributed by atoms with Gasteiger partial charge in [-0.25, -0.2) is 9.97 Å². The summed E-state index contributed by atoms with van der Waals surface area (Å²) in [5, 5.41) is 7.28. The lowest BCUT2D eigenvalue weighted by Gasteiger charge is -2.14. The van der Waals surface area contributed by atoms with Gasteiger partial charge in [-0.1, -0.05) is 182 Å². The molecule has 3 heterocycles. The highest BCUT2D eigenvalue weighted by Gasteiger charge is 2.28. The lowest BCUT2D eigenvalue weighted by Crippen LogP contribution is -1.99. The Hall–Kier alpha value is -9.64. The van der Waals surface area contributed by atoms with Crippen LogP contribution in [0.25, 0.3) is 144 Å². The van der Waals surface area contributed by atoms with Crippen molar-refractivity contribution < 1.29 is 0 Å². The fraction of sp³-hybridized carbons (Fsp3) is 0. The topological polar surface area (TPSA) is 35.6 Å². The first-order valence-corrected chi connectivity index (χ1v) is 24.6. The smallest absolute Gasteiger partial charge is 0.160 e. The fourth-order valence-electron chi connectivity index (χ4n) is 11.5. The third kappa shape index (κ3) is 6.26. The highest BCUT2D eigenvalue weighted by molar-refractivity contribution is 6.17. The van der Waals surface area contributed by atoms with Crippen LogP contribution in [0.1, 0.15) is 0 Å². The Balaban J connectivity index is 0.914. The summed E-state index contributed by atoms with van der Waals surface area (Å²) in [5.41, 5.74) is 21.3. The van der Waals surface area contributed by atoms with Gasteiger partial charge in [0, 0.05) is 55.2 Å². The molecule has 15 rings (SSSR count). The van der Waals surface area contributed by atoms with Crippen molar-refractivity contribution in [2.75, 3.05) is 0 Å². The molecule has 4 nitrogen and oxygen atoms in total. The molecule has 0 unspecified atom stereocenters. The summed E-state index contributed by atoms with van der Waals surface area (Å²) in [6.07, 6.45) is 0. The molecule has 0 atom stereocenters. The summed E-state index contributed by atoms with van der Waals surface area (Å²) in [6, 6.07) is 92.3. The molecule has 3 aromatic heterocycles. The van der Waals surface area contributed by atoms with Crippen LogP contribution in [0.4, 0.5) is 0 Å². The first-order chi connectivity index (χ1) is 35.7. The van der Waals surface area contributed by atoms with Crippen LogP contribution in [-0.4, -0.2) is 19.1 Å². The minimum absolute atomic E-state index is 0.702. The molecule has 0 N–H and O–H groups in total. The molecule has 0 radical (unpaired) electrons.